The predicted molar refractivity (Wildman–Crippen MR) is 114 cm³/mol. The first-order valence-electron chi connectivity index (χ1n) is 10.1. The van der Waals surface area contributed by atoms with Gasteiger partial charge in [0.2, 0.25) is 5.91 Å². The lowest BCUT2D eigenvalue weighted by atomic mass is 9.97. The molecule has 1 aromatic carbocycles. The molecule has 2 aliphatic rings. The smallest absolute Gasteiger partial charge is 0.220 e. The summed E-state index contributed by atoms with van der Waals surface area (Å²) >= 11 is 11.9. The number of halogens is 1. The highest BCUT2D eigenvalue weighted by Crippen LogP contribution is 2.24. The zero-order valence-corrected chi connectivity index (χ0v) is 17.9. The van der Waals surface area contributed by atoms with Gasteiger partial charge in [-0.3, -0.25) is 14.3 Å². The molecule has 9 heteroatoms. The van der Waals surface area contributed by atoms with Crippen molar-refractivity contribution in [2.45, 2.75) is 45.0 Å². The molecule has 0 radical (unpaired) electrons. The number of nitrogens with two attached hydrogens (primary N) is 1. The van der Waals surface area contributed by atoms with E-state index in [9.17, 15) is 4.79 Å². The second kappa shape index (κ2) is 8.95. The van der Waals surface area contributed by atoms with Crippen molar-refractivity contribution in [2.75, 3.05) is 19.7 Å². The Morgan fingerprint density at radius 3 is 2.59 bits per heavy atom. The Balaban J connectivity index is 1.58. The maximum absolute atomic E-state index is 11.4. The summed E-state index contributed by atoms with van der Waals surface area (Å²) in [4.78, 5) is 13.7. The average molecular weight is 436 g/mol. The van der Waals surface area contributed by atoms with Gasteiger partial charge in [0, 0.05) is 36.2 Å². The molecule has 1 atom stereocenters. The number of carbonyl (C=O) groups is 1. The van der Waals surface area contributed by atoms with Crippen LogP contribution in [0.1, 0.15) is 25.7 Å². The highest BCUT2D eigenvalue weighted by atomic mass is 35.5. The van der Waals surface area contributed by atoms with Crippen LogP contribution >= 0.6 is 23.8 Å². The lowest BCUT2D eigenvalue weighted by Crippen LogP contribution is -2.39. The number of hydrogen-bond acceptors (Lipinski definition) is 5. The first-order valence-corrected chi connectivity index (χ1v) is 10.9. The number of ether oxygens (including phenoxy) is 1. The molecule has 29 heavy (non-hydrogen) atoms. The van der Waals surface area contributed by atoms with Crippen LogP contribution in [0.2, 0.25) is 5.02 Å². The molecule has 4 rings (SSSR count). The largest absolute Gasteiger partial charge is 0.376 e. The van der Waals surface area contributed by atoms with E-state index in [1.807, 2.05) is 28.9 Å². The van der Waals surface area contributed by atoms with Gasteiger partial charge in [0.25, 0.3) is 0 Å². The molecule has 2 fully saturated rings. The second-order valence-electron chi connectivity index (χ2n) is 7.79. The minimum Gasteiger partial charge on any atom is -0.376 e. The SMILES string of the molecule is NC(=O)C1CCN(Cn2nc(-c3ccc(Cl)cc3)n(CC3CCCO3)c2=S)CC1. The standard InChI is InChI=1S/C20H26ClN5O2S/c21-16-5-3-15(4-6-16)19-23-26(13-24-9-7-14(8-10-24)18(22)27)20(29)25(19)12-17-2-1-11-28-17/h3-6,14,17H,1-2,7-13H2,(H2,22,27). The molecular weight excluding hydrogens is 410 g/mol. The zero-order valence-electron chi connectivity index (χ0n) is 16.3. The van der Waals surface area contributed by atoms with Gasteiger partial charge in [-0.1, -0.05) is 11.6 Å². The van der Waals surface area contributed by atoms with Gasteiger partial charge in [-0.2, -0.15) is 5.10 Å². The van der Waals surface area contributed by atoms with Crippen LogP contribution in [0.5, 0.6) is 0 Å². The fourth-order valence-corrected chi connectivity index (χ4v) is 4.44. The number of piperidine rings is 1. The van der Waals surface area contributed by atoms with Gasteiger partial charge in [0.15, 0.2) is 10.6 Å². The van der Waals surface area contributed by atoms with E-state index in [2.05, 4.69) is 9.47 Å². The van der Waals surface area contributed by atoms with Gasteiger partial charge in [0.1, 0.15) is 0 Å². The fourth-order valence-electron chi connectivity index (χ4n) is 4.05. The number of likely N-dealkylation sites (tertiary alicyclic amines) is 1. The molecule has 2 saturated heterocycles. The average Bonchev–Trinajstić information content (AvgIpc) is 3.33. The van der Waals surface area contributed by atoms with Gasteiger partial charge in [-0.15, -0.1) is 0 Å². The monoisotopic (exact) mass is 435 g/mol. The minimum atomic E-state index is -0.202. The first kappa shape index (κ1) is 20.5. The normalized spacial score (nSPS) is 20.9. The minimum absolute atomic E-state index is 0.0269. The summed E-state index contributed by atoms with van der Waals surface area (Å²) in [6.45, 7) is 3.72. The number of carbonyl (C=O) groups excluding carboxylic acids is 1. The fraction of sp³-hybridized carbons (Fsp3) is 0.550. The molecule has 0 spiro atoms. The van der Waals surface area contributed by atoms with Crippen molar-refractivity contribution < 1.29 is 9.53 Å². The van der Waals surface area contributed by atoms with E-state index in [-0.39, 0.29) is 17.9 Å². The lowest BCUT2D eigenvalue weighted by Gasteiger charge is -2.30. The van der Waals surface area contributed by atoms with E-state index in [1.165, 1.54) is 0 Å². The molecule has 2 N–H and O–H groups in total. The number of nitrogens with zero attached hydrogens (tertiary/aromatic N) is 4. The molecule has 0 saturated carbocycles. The van der Waals surface area contributed by atoms with Crippen LogP contribution in [0, 0.1) is 10.7 Å². The third kappa shape index (κ3) is 4.71. The van der Waals surface area contributed by atoms with Crippen LogP contribution in [0.4, 0.5) is 0 Å². The quantitative estimate of drug-likeness (QED) is 0.705. The van der Waals surface area contributed by atoms with Crippen LogP contribution in [-0.4, -0.2) is 51.0 Å². The molecular formula is C20H26ClN5O2S. The van der Waals surface area contributed by atoms with Crippen molar-refractivity contribution in [2.24, 2.45) is 11.7 Å². The van der Waals surface area contributed by atoms with Crippen LogP contribution in [0.3, 0.4) is 0 Å². The maximum Gasteiger partial charge on any atom is 0.220 e. The molecule has 1 unspecified atom stereocenters. The summed E-state index contributed by atoms with van der Waals surface area (Å²) in [5, 5.41) is 5.53. The Morgan fingerprint density at radius 1 is 1.24 bits per heavy atom. The molecule has 156 valence electrons. The maximum atomic E-state index is 11.4. The number of rotatable bonds is 6. The van der Waals surface area contributed by atoms with E-state index in [1.54, 1.807) is 0 Å². The van der Waals surface area contributed by atoms with E-state index in [4.69, 9.17) is 39.4 Å². The van der Waals surface area contributed by atoms with Gasteiger partial charge in [-0.25, -0.2) is 4.68 Å². The summed E-state index contributed by atoms with van der Waals surface area (Å²) in [6, 6.07) is 7.66. The van der Waals surface area contributed by atoms with Crippen molar-refractivity contribution in [3.63, 3.8) is 0 Å². The highest BCUT2D eigenvalue weighted by molar-refractivity contribution is 7.71. The summed E-state index contributed by atoms with van der Waals surface area (Å²) in [6.07, 6.45) is 3.84. The number of hydrogen-bond donors (Lipinski definition) is 1. The Morgan fingerprint density at radius 2 is 1.97 bits per heavy atom. The highest BCUT2D eigenvalue weighted by Gasteiger charge is 2.25. The van der Waals surface area contributed by atoms with Gasteiger partial charge >= 0.3 is 0 Å². The van der Waals surface area contributed by atoms with Crippen molar-refractivity contribution in [1.82, 2.24) is 19.2 Å². The van der Waals surface area contributed by atoms with Gasteiger partial charge in [0.05, 0.1) is 19.3 Å². The van der Waals surface area contributed by atoms with Crippen LogP contribution < -0.4 is 5.73 Å². The Labute approximate surface area is 180 Å². The number of aromatic nitrogens is 3. The number of primary amides is 1. The van der Waals surface area contributed by atoms with Crippen LogP contribution in [0.25, 0.3) is 11.4 Å². The number of benzene rings is 1. The van der Waals surface area contributed by atoms with Crippen LogP contribution in [0.15, 0.2) is 24.3 Å². The van der Waals surface area contributed by atoms with E-state index in [0.717, 1.165) is 56.8 Å². The Kier molecular flexibility index (Phi) is 6.34. The van der Waals surface area contributed by atoms with Crippen LogP contribution in [-0.2, 0) is 22.7 Å². The predicted octanol–water partition coefficient (Wildman–Crippen LogP) is 3.07. The van der Waals surface area contributed by atoms with Crippen molar-refractivity contribution >= 4 is 29.7 Å². The second-order valence-corrected chi connectivity index (χ2v) is 8.60. The number of amides is 1. The first-order chi connectivity index (χ1) is 14.0. The Hall–Kier alpha value is -1.74. The molecule has 1 aromatic heterocycles. The topological polar surface area (TPSA) is 78.3 Å². The summed E-state index contributed by atoms with van der Waals surface area (Å²) in [7, 11) is 0. The van der Waals surface area contributed by atoms with Gasteiger partial charge in [-0.05, 0) is 62.2 Å². The van der Waals surface area contributed by atoms with Crippen molar-refractivity contribution in [3.8, 4) is 11.4 Å². The molecule has 0 aliphatic carbocycles. The third-order valence-corrected chi connectivity index (χ3v) is 6.44. The summed E-state index contributed by atoms with van der Waals surface area (Å²) < 4.78 is 10.5. The molecule has 7 nitrogen and oxygen atoms in total. The van der Waals surface area contributed by atoms with E-state index in [0.29, 0.717) is 23.0 Å². The Bertz CT molecular complexity index is 912. The van der Waals surface area contributed by atoms with Crippen molar-refractivity contribution in [1.29, 1.82) is 0 Å². The lowest BCUT2D eigenvalue weighted by molar-refractivity contribution is -0.123. The summed E-state index contributed by atoms with van der Waals surface area (Å²) in [5.41, 5.74) is 6.43. The molecule has 1 amide bonds. The molecule has 2 aliphatic heterocycles. The van der Waals surface area contributed by atoms with Crippen molar-refractivity contribution in [3.05, 3.63) is 34.1 Å². The molecule has 0 bridgehead atoms. The van der Waals surface area contributed by atoms with E-state index >= 15 is 0 Å². The summed E-state index contributed by atoms with van der Waals surface area (Å²) in [5.74, 6) is 0.599. The molecule has 2 aromatic rings. The third-order valence-electron chi connectivity index (χ3n) is 5.76. The zero-order chi connectivity index (χ0) is 20.4. The molecule has 3 heterocycles. The van der Waals surface area contributed by atoms with E-state index < -0.39 is 0 Å². The van der Waals surface area contributed by atoms with Gasteiger partial charge < -0.3 is 10.5 Å².